The van der Waals surface area contributed by atoms with Gasteiger partial charge in [0.15, 0.2) is 0 Å². The summed E-state index contributed by atoms with van der Waals surface area (Å²) in [5.41, 5.74) is 7.91. The van der Waals surface area contributed by atoms with Crippen LogP contribution in [0.2, 0.25) is 5.02 Å². The van der Waals surface area contributed by atoms with E-state index in [0.717, 1.165) is 17.2 Å². The fraction of sp³-hybridized carbons (Fsp3) is 0.143. The molecule has 3 N–H and O–H groups in total. The van der Waals surface area contributed by atoms with E-state index in [0.29, 0.717) is 16.5 Å². The molecule has 0 bridgehead atoms. The van der Waals surface area contributed by atoms with Gasteiger partial charge in [-0.1, -0.05) is 23.7 Å². The molecule has 110 valence electrons. The Balaban J connectivity index is 2.34. The standard InChI is InChI=1S/C14H13ClF2N4/c1-8-9(3-2-4-10(8)15)11-7-13(21-14(18)20-11)19-6-5-12(16)17/h2-5,7H,6H2,1H3,(H3,18,19,20,21). The average molecular weight is 311 g/mol. The number of nitrogens with two attached hydrogens (primary N) is 1. The van der Waals surface area contributed by atoms with E-state index in [2.05, 4.69) is 15.3 Å². The van der Waals surface area contributed by atoms with Crippen molar-refractivity contribution in [3.05, 3.63) is 47.0 Å². The number of hydrogen-bond donors (Lipinski definition) is 2. The van der Waals surface area contributed by atoms with Crippen molar-refractivity contribution in [2.75, 3.05) is 17.6 Å². The molecule has 2 aromatic rings. The van der Waals surface area contributed by atoms with Crippen molar-refractivity contribution in [2.24, 2.45) is 0 Å². The Morgan fingerprint density at radius 3 is 2.86 bits per heavy atom. The maximum Gasteiger partial charge on any atom is 0.268 e. The molecule has 21 heavy (non-hydrogen) atoms. The molecule has 7 heteroatoms. The van der Waals surface area contributed by atoms with Crippen molar-refractivity contribution < 1.29 is 8.78 Å². The summed E-state index contributed by atoms with van der Waals surface area (Å²) >= 11 is 6.08. The first-order valence-electron chi connectivity index (χ1n) is 6.12. The Morgan fingerprint density at radius 1 is 1.38 bits per heavy atom. The number of nitrogens with one attached hydrogen (secondary N) is 1. The van der Waals surface area contributed by atoms with E-state index in [9.17, 15) is 8.78 Å². The minimum atomic E-state index is -1.75. The van der Waals surface area contributed by atoms with Gasteiger partial charge in [0.05, 0.1) is 5.69 Å². The molecular weight excluding hydrogens is 298 g/mol. The monoisotopic (exact) mass is 310 g/mol. The highest BCUT2D eigenvalue weighted by molar-refractivity contribution is 6.31. The Morgan fingerprint density at radius 2 is 2.14 bits per heavy atom. The molecule has 0 fully saturated rings. The fourth-order valence-electron chi connectivity index (χ4n) is 1.81. The first kappa shape index (κ1) is 15.2. The summed E-state index contributed by atoms with van der Waals surface area (Å²) in [6.07, 6.45) is -1.00. The van der Waals surface area contributed by atoms with Crippen LogP contribution in [0.5, 0.6) is 0 Å². The fourth-order valence-corrected chi connectivity index (χ4v) is 1.99. The van der Waals surface area contributed by atoms with Gasteiger partial charge >= 0.3 is 0 Å². The molecule has 0 aliphatic heterocycles. The van der Waals surface area contributed by atoms with Crippen LogP contribution in [0.15, 0.2) is 36.4 Å². The molecule has 0 atom stereocenters. The second kappa shape index (κ2) is 6.49. The third kappa shape index (κ3) is 3.88. The van der Waals surface area contributed by atoms with Crippen LogP contribution >= 0.6 is 11.6 Å². The van der Waals surface area contributed by atoms with Gasteiger partial charge in [0.2, 0.25) is 5.95 Å². The first-order valence-corrected chi connectivity index (χ1v) is 6.50. The van der Waals surface area contributed by atoms with E-state index in [1.807, 2.05) is 13.0 Å². The number of anilines is 2. The number of nitrogen functional groups attached to an aromatic ring is 1. The number of nitrogens with zero attached hydrogens (tertiary/aromatic N) is 2. The topological polar surface area (TPSA) is 63.8 Å². The quantitative estimate of drug-likeness (QED) is 0.899. The van der Waals surface area contributed by atoms with Crippen molar-refractivity contribution in [1.82, 2.24) is 9.97 Å². The van der Waals surface area contributed by atoms with Gasteiger partial charge in [-0.2, -0.15) is 13.8 Å². The van der Waals surface area contributed by atoms with E-state index in [1.165, 1.54) is 0 Å². The Labute approximate surface area is 125 Å². The van der Waals surface area contributed by atoms with E-state index in [-0.39, 0.29) is 12.5 Å². The molecule has 0 aliphatic rings. The van der Waals surface area contributed by atoms with E-state index >= 15 is 0 Å². The van der Waals surface area contributed by atoms with Gasteiger partial charge in [-0.25, -0.2) is 4.98 Å². The van der Waals surface area contributed by atoms with Crippen LogP contribution in [-0.2, 0) is 0 Å². The second-order valence-corrected chi connectivity index (χ2v) is 4.69. The van der Waals surface area contributed by atoms with Gasteiger partial charge in [-0.05, 0) is 18.6 Å². The molecule has 1 heterocycles. The molecule has 0 unspecified atom stereocenters. The van der Waals surface area contributed by atoms with Crippen molar-refractivity contribution in [3.8, 4) is 11.3 Å². The molecule has 2 rings (SSSR count). The van der Waals surface area contributed by atoms with Crippen LogP contribution in [0.1, 0.15) is 5.56 Å². The number of rotatable bonds is 4. The Bertz CT molecular complexity index is 685. The van der Waals surface area contributed by atoms with Crippen LogP contribution < -0.4 is 11.1 Å². The minimum absolute atomic E-state index is 0.0489. The highest BCUT2D eigenvalue weighted by Crippen LogP contribution is 2.28. The van der Waals surface area contributed by atoms with Crippen LogP contribution in [0, 0.1) is 6.92 Å². The SMILES string of the molecule is Cc1c(Cl)cccc1-c1cc(NCC=C(F)F)nc(N)n1. The lowest BCUT2D eigenvalue weighted by atomic mass is 10.1. The molecule has 0 aliphatic carbocycles. The lowest BCUT2D eigenvalue weighted by Gasteiger charge is -2.10. The molecule has 0 spiro atoms. The molecular formula is C14H13ClF2N4. The first-order chi connectivity index (χ1) is 9.97. The molecule has 0 amide bonds. The van der Waals surface area contributed by atoms with Gasteiger partial charge in [0.25, 0.3) is 6.08 Å². The van der Waals surface area contributed by atoms with Crippen LogP contribution in [0.3, 0.4) is 0 Å². The van der Waals surface area contributed by atoms with Crippen molar-refractivity contribution in [3.63, 3.8) is 0 Å². The van der Waals surface area contributed by atoms with Gasteiger partial charge < -0.3 is 11.1 Å². The second-order valence-electron chi connectivity index (χ2n) is 4.28. The zero-order valence-corrected chi connectivity index (χ0v) is 12.0. The van der Waals surface area contributed by atoms with Crippen molar-refractivity contribution in [2.45, 2.75) is 6.92 Å². The molecule has 1 aromatic carbocycles. The smallest absolute Gasteiger partial charge is 0.268 e. The summed E-state index contributed by atoms with van der Waals surface area (Å²) in [6, 6.07) is 7.07. The van der Waals surface area contributed by atoms with Crippen molar-refractivity contribution >= 4 is 23.4 Å². The predicted octanol–water partition coefficient (Wildman–Crippen LogP) is 3.88. The Kier molecular flexibility index (Phi) is 4.70. The summed E-state index contributed by atoms with van der Waals surface area (Å²) in [5, 5.41) is 3.35. The zero-order chi connectivity index (χ0) is 15.4. The maximum absolute atomic E-state index is 12.0. The van der Waals surface area contributed by atoms with E-state index in [1.54, 1.807) is 18.2 Å². The van der Waals surface area contributed by atoms with Gasteiger partial charge in [-0.3, -0.25) is 0 Å². The van der Waals surface area contributed by atoms with Crippen LogP contribution in [0.25, 0.3) is 11.3 Å². The average Bonchev–Trinajstić information content (AvgIpc) is 2.41. The van der Waals surface area contributed by atoms with Crippen molar-refractivity contribution in [1.29, 1.82) is 0 Å². The van der Waals surface area contributed by atoms with Gasteiger partial charge in [0, 0.05) is 29.3 Å². The lowest BCUT2D eigenvalue weighted by molar-refractivity contribution is 0.419. The molecule has 1 aromatic heterocycles. The third-order valence-electron chi connectivity index (χ3n) is 2.83. The minimum Gasteiger partial charge on any atom is -0.368 e. The van der Waals surface area contributed by atoms with Crippen LogP contribution in [0.4, 0.5) is 20.5 Å². The normalized spacial score (nSPS) is 10.3. The summed E-state index contributed by atoms with van der Waals surface area (Å²) in [5.74, 6) is 0.424. The van der Waals surface area contributed by atoms with E-state index in [4.69, 9.17) is 17.3 Å². The lowest BCUT2D eigenvalue weighted by Crippen LogP contribution is -2.05. The van der Waals surface area contributed by atoms with Gasteiger partial charge in [0.1, 0.15) is 5.82 Å². The Hall–Kier alpha value is -2.21. The number of hydrogen-bond acceptors (Lipinski definition) is 4. The molecule has 0 saturated heterocycles. The number of benzene rings is 1. The highest BCUT2D eigenvalue weighted by atomic mass is 35.5. The molecule has 0 saturated carbocycles. The predicted molar refractivity (Wildman–Crippen MR) is 80.4 cm³/mol. The summed E-state index contributed by atoms with van der Waals surface area (Å²) in [6.45, 7) is 1.82. The maximum atomic E-state index is 12.0. The summed E-state index contributed by atoms with van der Waals surface area (Å²) in [7, 11) is 0. The molecule has 4 nitrogen and oxygen atoms in total. The zero-order valence-electron chi connectivity index (χ0n) is 11.2. The van der Waals surface area contributed by atoms with Gasteiger partial charge in [-0.15, -0.1) is 0 Å². The number of halogens is 3. The van der Waals surface area contributed by atoms with Crippen LogP contribution in [-0.4, -0.2) is 16.5 Å². The summed E-state index contributed by atoms with van der Waals surface area (Å²) < 4.78 is 24.0. The third-order valence-corrected chi connectivity index (χ3v) is 3.24. The van der Waals surface area contributed by atoms with E-state index < -0.39 is 6.08 Å². The number of aromatic nitrogens is 2. The summed E-state index contributed by atoms with van der Waals surface area (Å²) in [4.78, 5) is 8.11. The highest BCUT2D eigenvalue weighted by Gasteiger charge is 2.09. The molecule has 0 radical (unpaired) electrons. The largest absolute Gasteiger partial charge is 0.368 e.